The number of fused-ring (bicyclic) bond motifs is 1. The third kappa shape index (κ3) is 3.65. The minimum Gasteiger partial charge on any atom is -0.375 e. The first kappa shape index (κ1) is 15.4. The van der Waals surface area contributed by atoms with Crippen LogP contribution in [0.2, 0.25) is 0 Å². The molecule has 8 heteroatoms. The van der Waals surface area contributed by atoms with E-state index in [1.165, 1.54) is 7.11 Å². The highest BCUT2D eigenvalue weighted by atomic mass is 16.5. The van der Waals surface area contributed by atoms with Crippen LogP contribution in [0.4, 0.5) is 5.95 Å². The van der Waals surface area contributed by atoms with Gasteiger partial charge in [-0.3, -0.25) is 9.48 Å². The number of hydrogen-bond donors (Lipinski definition) is 1. The molecule has 0 aromatic carbocycles. The fraction of sp³-hybridized carbons (Fsp3) is 0.467. The number of nitrogens with one attached hydrogen (secondary N) is 1. The van der Waals surface area contributed by atoms with Crippen LogP contribution in [0.3, 0.4) is 0 Å². The fourth-order valence-electron chi connectivity index (χ4n) is 2.77. The Morgan fingerprint density at radius 1 is 1.39 bits per heavy atom. The summed E-state index contributed by atoms with van der Waals surface area (Å²) in [6.07, 6.45) is 6.08. The van der Waals surface area contributed by atoms with Crippen LogP contribution >= 0.6 is 0 Å². The topological polar surface area (TPSA) is 85.2 Å². The van der Waals surface area contributed by atoms with Crippen molar-refractivity contribution in [2.24, 2.45) is 0 Å². The summed E-state index contributed by atoms with van der Waals surface area (Å²) in [5.74, 6) is 0.612. The van der Waals surface area contributed by atoms with E-state index in [0.717, 1.165) is 25.2 Å². The summed E-state index contributed by atoms with van der Waals surface area (Å²) in [6.45, 7) is 2.16. The predicted octanol–water partition coefficient (Wildman–Crippen LogP) is 0.387. The highest BCUT2D eigenvalue weighted by Gasteiger charge is 2.26. The molecule has 1 N–H and O–H groups in total. The van der Waals surface area contributed by atoms with Crippen molar-refractivity contribution in [3.8, 4) is 0 Å². The molecule has 122 valence electrons. The Kier molecular flexibility index (Phi) is 4.82. The molecule has 1 aliphatic heterocycles. The zero-order chi connectivity index (χ0) is 16.1. The average Bonchev–Trinajstić information content (AvgIpc) is 3.04. The molecular weight excluding hydrogens is 296 g/mol. The standard InChI is InChI=1S/C15H20N6O2/c1-23-11-14(22)16-7-3-12-9-20(15-17-5-2-6-18-15)10-13-4-8-19-21(12)13/h2,4-6,8,12H,3,7,9-11H2,1H3,(H,16,22). The van der Waals surface area contributed by atoms with Crippen LogP contribution in [0.15, 0.2) is 30.7 Å². The molecule has 8 nitrogen and oxygen atoms in total. The lowest BCUT2D eigenvalue weighted by molar-refractivity contribution is -0.124. The first-order valence-corrected chi connectivity index (χ1v) is 7.58. The Morgan fingerprint density at radius 3 is 3.00 bits per heavy atom. The molecule has 3 rings (SSSR count). The molecule has 1 atom stereocenters. The first-order valence-electron chi connectivity index (χ1n) is 7.58. The highest BCUT2D eigenvalue weighted by molar-refractivity contribution is 5.77. The van der Waals surface area contributed by atoms with Gasteiger partial charge in [-0.25, -0.2) is 9.97 Å². The molecule has 2 aromatic heterocycles. The van der Waals surface area contributed by atoms with E-state index in [9.17, 15) is 4.79 Å². The van der Waals surface area contributed by atoms with Gasteiger partial charge in [0.2, 0.25) is 11.9 Å². The third-order valence-corrected chi connectivity index (χ3v) is 3.79. The maximum Gasteiger partial charge on any atom is 0.245 e. The largest absolute Gasteiger partial charge is 0.375 e. The van der Waals surface area contributed by atoms with E-state index >= 15 is 0 Å². The molecule has 1 aliphatic rings. The van der Waals surface area contributed by atoms with E-state index in [-0.39, 0.29) is 18.6 Å². The normalized spacial score (nSPS) is 16.9. The lowest BCUT2D eigenvalue weighted by atomic mass is 10.1. The van der Waals surface area contributed by atoms with Crippen molar-refractivity contribution in [3.05, 3.63) is 36.4 Å². The smallest absolute Gasteiger partial charge is 0.245 e. The van der Waals surface area contributed by atoms with E-state index in [0.29, 0.717) is 12.5 Å². The average molecular weight is 316 g/mol. The number of rotatable bonds is 6. The summed E-state index contributed by atoms with van der Waals surface area (Å²) in [5, 5.41) is 7.27. The number of ether oxygens (including phenoxy) is 1. The van der Waals surface area contributed by atoms with Crippen molar-refractivity contribution >= 4 is 11.9 Å². The van der Waals surface area contributed by atoms with Crippen molar-refractivity contribution < 1.29 is 9.53 Å². The quantitative estimate of drug-likeness (QED) is 0.830. The summed E-state index contributed by atoms with van der Waals surface area (Å²) >= 11 is 0. The minimum atomic E-state index is -0.104. The van der Waals surface area contributed by atoms with Crippen LogP contribution in [0.25, 0.3) is 0 Å². The maximum atomic E-state index is 11.5. The van der Waals surface area contributed by atoms with E-state index < -0.39 is 0 Å². The van der Waals surface area contributed by atoms with Crippen molar-refractivity contribution in [1.29, 1.82) is 0 Å². The molecular formula is C15H20N6O2. The van der Waals surface area contributed by atoms with Gasteiger partial charge < -0.3 is 15.0 Å². The molecule has 0 radical (unpaired) electrons. The van der Waals surface area contributed by atoms with Crippen LogP contribution < -0.4 is 10.2 Å². The van der Waals surface area contributed by atoms with E-state index in [4.69, 9.17) is 4.74 Å². The summed E-state index contributed by atoms with van der Waals surface area (Å²) < 4.78 is 6.84. The maximum absolute atomic E-state index is 11.5. The monoisotopic (exact) mass is 316 g/mol. The van der Waals surface area contributed by atoms with E-state index in [2.05, 4.69) is 25.3 Å². The van der Waals surface area contributed by atoms with Gasteiger partial charge in [0.15, 0.2) is 0 Å². The molecule has 0 spiro atoms. The number of carbonyl (C=O) groups excluding carboxylic acids is 1. The second-order valence-electron chi connectivity index (χ2n) is 5.42. The Bertz CT molecular complexity index is 644. The van der Waals surface area contributed by atoms with Crippen LogP contribution in [0, 0.1) is 0 Å². The molecule has 0 saturated heterocycles. The Morgan fingerprint density at radius 2 is 2.22 bits per heavy atom. The Hall–Kier alpha value is -2.48. The number of anilines is 1. The Labute approximate surface area is 134 Å². The molecule has 0 bridgehead atoms. The van der Waals surface area contributed by atoms with E-state index in [1.54, 1.807) is 24.7 Å². The summed E-state index contributed by atoms with van der Waals surface area (Å²) in [4.78, 5) is 22.3. The number of amides is 1. The van der Waals surface area contributed by atoms with E-state index in [1.807, 2.05) is 10.7 Å². The van der Waals surface area contributed by atoms with Gasteiger partial charge >= 0.3 is 0 Å². The van der Waals surface area contributed by atoms with Crippen molar-refractivity contribution in [1.82, 2.24) is 25.1 Å². The molecule has 2 aromatic rings. The molecule has 1 amide bonds. The van der Waals surface area contributed by atoms with Gasteiger partial charge in [-0.05, 0) is 18.6 Å². The van der Waals surface area contributed by atoms with Gasteiger partial charge in [-0.1, -0.05) is 0 Å². The molecule has 0 aliphatic carbocycles. The first-order chi connectivity index (χ1) is 11.3. The van der Waals surface area contributed by atoms with Crippen LogP contribution in [0.1, 0.15) is 18.2 Å². The van der Waals surface area contributed by atoms with Gasteiger partial charge in [0.25, 0.3) is 0 Å². The molecule has 0 saturated carbocycles. The molecule has 1 unspecified atom stereocenters. The summed E-state index contributed by atoms with van der Waals surface area (Å²) in [7, 11) is 1.51. The highest BCUT2D eigenvalue weighted by Crippen LogP contribution is 2.24. The number of hydrogen-bond acceptors (Lipinski definition) is 6. The second-order valence-corrected chi connectivity index (χ2v) is 5.42. The van der Waals surface area contributed by atoms with Gasteiger partial charge in [-0.2, -0.15) is 5.10 Å². The van der Waals surface area contributed by atoms with Crippen LogP contribution in [-0.2, 0) is 16.1 Å². The van der Waals surface area contributed by atoms with Gasteiger partial charge in [-0.15, -0.1) is 0 Å². The summed E-state index contributed by atoms with van der Waals surface area (Å²) in [6, 6.07) is 3.98. The summed E-state index contributed by atoms with van der Waals surface area (Å²) in [5.41, 5.74) is 1.12. The predicted molar refractivity (Wildman–Crippen MR) is 83.8 cm³/mol. The fourth-order valence-corrected chi connectivity index (χ4v) is 2.77. The van der Waals surface area contributed by atoms with Crippen LogP contribution in [0.5, 0.6) is 0 Å². The number of methoxy groups -OCH3 is 1. The number of aromatic nitrogens is 4. The van der Waals surface area contributed by atoms with Gasteiger partial charge in [0, 0.05) is 38.8 Å². The Balaban J connectivity index is 1.66. The van der Waals surface area contributed by atoms with Crippen molar-refractivity contribution in [3.63, 3.8) is 0 Å². The van der Waals surface area contributed by atoms with Gasteiger partial charge in [0.1, 0.15) is 6.61 Å². The lowest BCUT2D eigenvalue weighted by Crippen LogP contribution is -2.40. The zero-order valence-electron chi connectivity index (χ0n) is 13.1. The zero-order valence-corrected chi connectivity index (χ0v) is 13.1. The molecule has 3 heterocycles. The van der Waals surface area contributed by atoms with Gasteiger partial charge in [0.05, 0.1) is 18.3 Å². The number of carbonyl (C=O) groups is 1. The van der Waals surface area contributed by atoms with Crippen molar-refractivity contribution in [2.45, 2.75) is 19.0 Å². The SMILES string of the molecule is COCC(=O)NCCC1CN(c2ncccn2)Cc2ccnn21. The molecule has 23 heavy (non-hydrogen) atoms. The van der Waals surface area contributed by atoms with Crippen molar-refractivity contribution in [2.75, 3.05) is 31.7 Å². The lowest BCUT2D eigenvalue weighted by Gasteiger charge is -2.33. The number of nitrogens with zero attached hydrogens (tertiary/aromatic N) is 5. The minimum absolute atomic E-state index is 0.0850. The van der Waals surface area contributed by atoms with Crippen LogP contribution in [-0.4, -0.2) is 52.5 Å². The third-order valence-electron chi connectivity index (χ3n) is 3.79. The molecule has 0 fully saturated rings. The second kappa shape index (κ2) is 7.19.